The Bertz CT molecular complexity index is 783. The number of rotatable bonds is 2. The van der Waals surface area contributed by atoms with Crippen LogP contribution in [0.1, 0.15) is 88.9 Å². The molecule has 4 fully saturated rings. The first-order chi connectivity index (χ1) is 13.7. The van der Waals surface area contributed by atoms with Crippen LogP contribution < -0.4 is 0 Å². The van der Waals surface area contributed by atoms with Crippen LogP contribution in [0.3, 0.4) is 0 Å². The van der Waals surface area contributed by atoms with Crippen molar-refractivity contribution < 1.29 is 9.90 Å². The number of aliphatic hydroxyl groups is 1. The molecule has 0 aliphatic heterocycles. The van der Waals surface area contributed by atoms with Crippen molar-refractivity contribution in [3.05, 3.63) is 35.9 Å². The van der Waals surface area contributed by atoms with Gasteiger partial charge >= 0.3 is 0 Å². The number of carbonyl (C=O) groups is 1. The van der Waals surface area contributed by atoms with E-state index in [-0.39, 0.29) is 11.3 Å². The van der Waals surface area contributed by atoms with Crippen molar-refractivity contribution in [3.8, 4) is 0 Å². The molecular weight excluding hydrogens is 356 g/mol. The van der Waals surface area contributed by atoms with Crippen LogP contribution in [0.5, 0.6) is 0 Å². The van der Waals surface area contributed by atoms with Gasteiger partial charge in [-0.3, -0.25) is 4.79 Å². The van der Waals surface area contributed by atoms with Crippen LogP contribution in [0.15, 0.2) is 30.3 Å². The van der Waals surface area contributed by atoms with E-state index in [1.807, 2.05) is 37.3 Å². The number of benzene rings is 1. The smallest absolute Gasteiger partial charge is 0.166 e. The minimum Gasteiger partial charge on any atom is -0.390 e. The number of Topliss-reactive ketones (excluding diaryl/α,β-unsaturated/α-hetero) is 1. The molecule has 4 aliphatic rings. The van der Waals surface area contributed by atoms with Gasteiger partial charge in [-0.1, -0.05) is 44.2 Å². The summed E-state index contributed by atoms with van der Waals surface area (Å²) in [5.74, 6) is 3.56. The molecule has 0 amide bonds. The minimum absolute atomic E-state index is 0.178. The topological polar surface area (TPSA) is 37.3 Å². The second kappa shape index (κ2) is 6.67. The number of hydrogen-bond donors (Lipinski definition) is 1. The summed E-state index contributed by atoms with van der Waals surface area (Å²) in [5.41, 5.74) is 1.03. The van der Waals surface area contributed by atoms with Gasteiger partial charge in [-0.25, -0.2) is 0 Å². The van der Waals surface area contributed by atoms with Crippen LogP contribution in [-0.4, -0.2) is 16.5 Å². The number of ketones is 1. The lowest BCUT2D eigenvalue weighted by Crippen LogP contribution is -2.55. The van der Waals surface area contributed by atoms with Crippen LogP contribution >= 0.6 is 0 Å². The highest BCUT2D eigenvalue weighted by molar-refractivity contribution is 5.98. The van der Waals surface area contributed by atoms with E-state index in [2.05, 4.69) is 13.8 Å². The van der Waals surface area contributed by atoms with Gasteiger partial charge in [0.05, 0.1) is 5.60 Å². The molecule has 158 valence electrons. The Kier molecular flexibility index (Phi) is 4.55. The van der Waals surface area contributed by atoms with Gasteiger partial charge in [-0.05, 0) is 99.2 Å². The Morgan fingerprint density at radius 1 is 0.862 bits per heavy atom. The molecule has 0 unspecified atom stereocenters. The maximum Gasteiger partial charge on any atom is 0.166 e. The predicted octanol–water partition coefficient (Wildman–Crippen LogP) is 6.28. The number of hydrogen-bond acceptors (Lipinski definition) is 2. The van der Waals surface area contributed by atoms with Gasteiger partial charge in [0.15, 0.2) is 5.78 Å². The van der Waals surface area contributed by atoms with Crippen LogP contribution in [0.2, 0.25) is 0 Å². The van der Waals surface area contributed by atoms with E-state index in [1.165, 1.54) is 38.5 Å². The number of carbonyl (C=O) groups excluding carboxylic acids is 1. The number of fused-ring (bicyclic) bond motifs is 5. The van der Waals surface area contributed by atoms with Crippen LogP contribution in [-0.2, 0) is 0 Å². The molecule has 2 heteroatoms. The molecule has 2 nitrogen and oxygen atoms in total. The lowest BCUT2D eigenvalue weighted by atomic mass is 9.44. The summed E-state index contributed by atoms with van der Waals surface area (Å²) in [5, 5.41) is 10.7. The van der Waals surface area contributed by atoms with Crippen LogP contribution in [0, 0.1) is 40.4 Å². The van der Waals surface area contributed by atoms with Gasteiger partial charge in [0.25, 0.3) is 0 Å². The van der Waals surface area contributed by atoms with E-state index < -0.39 is 5.60 Å². The molecular formula is C27H38O2. The molecule has 1 aromatic carbocycles. The largest absolute Gasteiger partial charge is 0.390 e. The fourth-order valence-corrected chi connectivity index (χ4v) is 8.67. The van der Waals surface area contributed by atoms with E-state index in [9.17, 15) is 9.90 Å². The molecule has 1 N–H and O–H groups in total. The highest BCUT2D eigenvalue weighted by atomic mass is 16.3. The third-order valence-corrected chi connectivity index (χ3v) is 10.3. The summed E-state index contributed by atoms with van der Waals surface area (Å²) in [6, 6.07) is 10.0. The van der Waals surface area contributed by atoms with Crippen LogP contribution in [0.25, 0.3) is 0 Å². The highest BCUT2D eigenvalue weighted by Gasteiger charge is 2.61. The maximum absolute atomic E-state index is 13.4. The summed E-state index contributed by atoms with van der Waals surface area (Å²) < 4.78 is 0. The predicted molar refractivity (Wildman–Crippen MR) is 117 cm³/mol. The Labute approximate surface area is 176 Å². The van der Waals surface area contributed by atoms with Crippen molar-refractivity contribution in [2.75, 3.05) is 0 Å². The summed E-state index contributed by atoms with van der Waals surface area (Å²) in [7, 11) is 0. The lowest BCUT2D eigenvalue weighted by Gasteiger charge is -2.61. The third-order valence-electron chi connectivity index (χ3n) is 10.3. The fourth-order valence-electron chi connectivity index (χ4n) is 8.67. The molecule has 0 radical (unpaired) electrons. The Morgan fingerprint density at radius 3 is 2.34 bits per heavy atom. The van der Waals surface area contributed by atoms with Gasteiger partial charge in [0, 0.05) is 11.5 Å². The van der Waals surface area contributed by atoms with Crippen molar-refractivity contribution in [1.82, 2.24) is 0 Å². The van der Waals surface area contributed by atoms with E-state index in [4.69, 9.17) is 0 Å². The normalized spacial score (nSPS) is 49.0. The zero-order chi connectivity index (χ0) is 20.4. The standard InChI is InChI=1S/C27H38O2/c1-25(29)15-16-26(2)19(17-25)9-10-20-21-11-12-23(27(21,3)14-13-22(20)26)24(28)18-7-5-4-6-8-18/h4-8,19-23,29H,9-17H2,1-3H3/t19-,20-,21-,22-,23+,25+,26-,27-/m0/s1. The Hall–Kier alpha value is -1.15. The summed E-state index contributed by atoms with van der Waals surface area (Å²) in [6.07, 6.45) is 10.5. The van der Waals surface area contributed by atoms with E-state index in [0.717, 1.165) is 36.7 Å². The van der Waals surface area contributed by atoms with Gasteiger partial charge in [-0.15, -0.1) is 0 Å². The molecule has 29 heavy (non-hydrogen) atoms. The monoisotopic (exact) mass is 394 g/mol. The molecule has 0 spiro atoms. The molecule has 0 heterocycles. The van der Waals surface area contributed by atoms with Crippen molar-refractivity contribution in [3.63, 3.8) is 0 Å². The molecule has 1 aromatic rings. The molecule has 0 saturated heterocycles. The van der Waals surface area contributed by atoms with Gasteiger partial charge < -0.3 is 5.11 Å². The molecule has 4 aliphatic carbocycles. The second-order valence-corrected chi connectivity index (χ2v) is 11.8. The SMILES string of the molecule is C[C@@]1(O)CC[C@@]2(C)[C@@H](CC[C@@H]3[C@@H]2CC[C@]2(C)[C@@H](C(=O)c4ccccc4)CC[C@@H]32)C1. The molecule has 0 aromatic heterocycles. The van der Waals surface area contributed by atoms with E-state index in [0.29, 0.717) is 23.0 Å². The second-order valence-electron chi connectivity index (χ2n) is 11.8. The molecule has 0 bridgehead atoms. The molecule has 8 atom stereocenters. The van der Waals surface area contributed by atoms with E-state index >= 15 is 0 Å². The van der Waals surface area contributed by atoms with Gasteiger partial charge in [0.2, 0.25) is 0 Å². The molecule has 5 rings (SSSR count). The van der Waals surface area contributed by atoms with Crippen molar-refractivity contribution >= 4 is 5.78 Å². The average Bonchev–Trinajstić information content (AvgIpc) is 3.06. The van der Waals surface area contributed by atoms with Gasteiger partial charge in [-0.2, -0.15) is 0 Å². The van der Waals surface area contributed by atoms with E-state index in [1.54, 1.807) is 0 Å². The first-order valence-corrected chi connectivity index (χ1v) is 12.1. The first-order valence-electron chi connectivity index (χ1n) is 12.1. The van der Waals surface area contributed by atoms with Crippen molar-refractivity contribution in [2.45, 2.75) is 84.2 Å². The fraction of sp³-hybridized carbons (Fsp3) is 0.741. The van der Waals surface area contributed by atoms with Crippen molar-refractivity contribution in [2.24, 2.45) is 40.4 Å². The average molecular weight is 395 g/mol. The van der Waals surface area contributed by atoms with Crippen molar-refractivity contribution in [1.29, 1.82) is 0 Å². The zero-order valence-corrected chi connectivity index (χ0v) is 18.5. The van der Waals surface area contributed by atoms with Gasteiger partial charge in [0.1, 0.15) is 0 Å². The van der Waals surface area contributed by atoms with Crippen LogP contribution in [0.4, 0.5) is 0 Å². The summed E-state index contributed by atoms with van der Waals surface area (Å²) in [4.78, 5) is 13.4. The Balaban J connectivity index is 1.40. The summed E-state index contributed by atoms with van der Waals surface area (Å²) >= 11 is 0. The summed E-state index contributed by atoms with van der Waals surface area (Å²) in [6.45, 7) is 7.05. The highest BCUT2D eigenvalue weighted by Crippen LogP contribution is 2.68. The first kappa shape index (κ1) is 19.8. The third kappa shape index (κ3) is 2.96. The quantitative estimate of drug-likeness (QED) is 0.599. The molecule has 4 saturated carbocycles. The lowest BCUT2D eigenvalue weighted by molar-refractivity contribution is -0.144. The maximum atomic E-state index is 13.4. The zero-order valence-electron chi connectivity index (χ0n) is 18.5. The minimum atomic E-state index is -0.458. The Morgan fingerprint density at radius 2 is 1.59 bits per heavy atom.